The van der Waals surface area contributed by atoms with Gasteiger partial charge in [0.1, 0.15) is 14.1 Å². The lowest BCUT2D eigenvalue weighted by atomic mass is 10.1. The summed E-state index contributed by atoms with van der Waals surface area (Å²) < 4.78 is 10.6. The van der Waals surface area contributed by atoms with Crippen LogP contribution in [-0.4, -0.2) is 32.4 Å². The van der Waals surface area contributed by atoms with Crippen LogP contribution in [-0.2, 0) is 6.42 Å². The van der Waals surface area contributed by atoms with E-state index in [9.17, 15) is 0 Å². The lowest BCUT2D eigenvalue weighted by Crippen LogP contribution is -2.33. The molecule has 2 aromatic rings. The van der Waals surface area contributed by atoms with E-state index in [1.807, 2.05) is 18.2 Å². The van der Waals surface area contributed by atoms with Crippen molar-refractivity contribution < 1.29 is 9.47 Å². The van der Waals surface area contributed by atoms with E-state index in [-0.39, 0.29) is 0 Å². The fourth-order valence-corrected chi connectivity index (χ4v) is 2.95. The minimum Gasteiger partial charge on any atom is -0.493 e. The summed E-state index contributed by atoms with van der Waals surface area (Å²) >= 11 is 0. The Labute approximate surface area is 138 Å². The molecule has 0 aliphatic rings. The van der Waals surface area contributed by atoms with Crippen molar-refractivity contribution in [2.24, 2.45) is 0 Å². The van der Waals surface area contributed by atoms with Gasteiger partial charge < -0.3 is 20.2 Å². The van der Waals surface area contributed by atoms with Crippen molar-refractivity contribution in [1.82, 2.24) is 9.97 Å². The molecule has 124 valence electrons. The molecule has 0 saturated carbocycles. The zero-order chi connectivity index (χ0) is 17.0. The average molecular weight is 332 g/mol. The fraction of sp³-hybridized carbons (Fsp3) is 0.375. The molecule has 1 heterocycles. The highest BCUT2D eigenvalue weighted by Gasteiger charge is 2.15. The number of aromatic nitrogens is 2. The van der Waals surface area contributed by atoms with E-state index in [4.69, 9.17) is 15.2 Å². The molecule has 1 aromatic carbocycles. The number of methoxy groups -OCH3 is 2. The van der Waals surface area contributed by atoms with Crippen LogP contribution in [0, 0.1) is 0 Å². The van der Waals surface area contributed by atoms with Gasteiger partial charge in [0.15, 0.2) is 11.5 Å². The summed E-state index contributed by atoms with van der Waals surface area (Å²) in [6.45, 7) is 6.55. The van der Waals surface area contributed by atoms with Crippen LogP contribution in [0.5, 0.6) is 11.5 Å². The summed E-state index contributed by atoms with van der Waals surface area (Å²) in [6, 6.07) is 5.80. The van der Waals surface area contributed by atoms with Crippen LogP contribution in [0.15, 0.2) is 24.4 Å². The van der Waals surface area contributed by atoms with Gasteiger partial charge in [0.2, 0.25) is 5.95 Å². The second-order valence-corrected chi connectivity index (χ2v) is 11.1. The molecule has 0 atom stereocenters. The number of hydrogen-bond acceptors (Lipinski definition) is 6. The number of rotatable bonds is 6. The van der Waals surface area contributed by atoms with Crippen LogP contribution in [0.1, 0.15) is 11.1 Å². The van der Waals surface area contributed by atoms with Crippen molar-refractivity contribution in [3.05, 3.63) is 35.5 Å². The lowest BCUT2D eigenvalue weighted by molar-refractivity contribution is 0.354. The maximum absolute atomic E-state index is 6.08. The highest BCUT2D eigenvalue weighted by atomic mass is 28.3. The normalized spacial score (nSPS) is 11.2. The van der Waals surface area contributed by atoms with Crippen LogP contribution in [0.2, 0.25) is 19.6 Å². The van der Waals surface area contributed by atoms with Gasteiger partial charge in [0.25, 0.3) is 0 Å². The Bertz CT molecular complexity index is 686. The second kappa shape index (κ2) is 6.87. The Balaban J connectivity index is 2.20. The SMILES string of the molecule is COc1ccc(Cc2cnc(N[Si](C)(C)C)nc2N)cc1OC. The highest BCUT2D eigenvalue weighted by Crippen LogP contribution is 2.29. The van der Waals surface area contributed by atoms with Gasteiger partial charge in [-0.1, -0.05) is 25.7 Å². The monoisotopic (exact) mass is 332 g/mol. The molecule has 3 N–H and O–H groups in total. The molecular weight excluding hydrogens is 308 g/mol. The Hall–Kier alpha value is -2.28. The van der Waals surface area contributed by atoms with E-state index in [1.165, 1.54) is 0 Å². The molecule has 0 aliphatic carbocycles. The van der Waals surface area contributed by atoms with Crippen LogP contribution < -0.4 is 20.2 Å². The van der Waals surface area contributed by atoms with Crippen molar-refractivity contribution in [1.29, 1.82) is 0 Å². The first kappa shape index (κ1) is 17.1. The van der Waals surface area contributed by atoms with Crippen LogP contribution in [0.25, 0.3) is 0 Å². The molecule has 7 heteroatoms. The van der Waals surface area contributed by atoms with E-state index in [0.29, 0.717) is 29.7 Å². The van der Waals surface area contributed by atoms with Gasteiger partial charge in [-0.3, -0.25) is 0 Å². The largest absolute Gasteiger partial charge is 0.493 e. The molecule has 0 spiro atoms. The van der Waals surface area contributed by atoms with Crippen molar-refractivity contribution in [3.8, 4) is 11.5 Å². The fourth-order valence-electron chi connectivity index (χ4n) is 2.16. The third-order valence-electron chi connectivity index (χ3n) is 3.23. The first-order valence-corrected chi connectivity index (χ1v) is 10.9. The number of nitrogens with zero attached hydrogens (tertiary/aromatic N) is 2. The zero-order valence-electron chi connectivity index (χ0n) is 14.3. The Morgan fingerprint density at radius 1 is 1.13 bits per heavy atom. The summed E-state index contributed by atoms with van der Waals surface area (Å²) in [7, 11) is 1.74. The molecule has 0 saturated heterocycles. The summed E-state index contributed by atoms with van der Waals surface area (Å²) in [5.74, 6) is 2.49. The predicted octanol–water partition coefficient (Wildman–Crippen LogP) is 2.91. The first-order valence-electron chi connectivity index (χ1n) is 7.43. The summed E-state index contributed by atoms with van der Waals surface area (Å²) in [4.78, 5) is 12.1. The zero-order valence-corrected chi connectivity index (χ0v) is 15.3. The highest BCUT2D eigenvalue weighted by molar-refractivity contribution is 6.79. The van der Waals surface area contributed by atoms with Crippen LogP contribution in [0.4, 0.5) is 11.8 Å². The van der Waals surface area contributed by atoms with Gasteiger partial charge in [-0.15, -0.1) is 0 Å². The second-order valence-electron chi connectivity index (χ2n) is 6.35. The maximum Gasteiger partial charge on any atom is 0.216 e. The van der Waals surface area contributed by atoms with Crippen molar-refractivity contribution in [2.75, 3.05) is 24.9 Å². The van der Waals surface area contributed by atoms with E-state index >= 15 is 0 Å². The molecule has 0 unspecified atom stereocenters. The molecule has 0 aliphatic heterocycles. The van der Waals surface area contributed by atoms with Gasteiger partial charge >= 0.3 is 0 Å². The smallest absolute Gasteiger partial charge is 0.216 e. The van der Waals surface area contributed by atoms with Gasteiger partial charge in [0, 0.05) is 18.2 Å². The van der Waals surface area contributed by atoms with Gasteiger partial charge in [-0.05, 0) is 17.7 Å². The quantitative estimate of drug-likeness (QED) is 0.792. The third-order valence-corrected chi connectivity index (χ3v) is 4.20. The minimum atomic E-state index is -1.50. The van der Waals surface area contributed by atoms with Gasteiger partial charge in [0.05, 0.1) is 14.2 Å². The molecule has 0 radical (unpaired) electrons. The number of nitrogens with two attached hydrogens (primary N) is 1. The molecule has 6 nitrogen and oxygen atoms in total. The molecule has 0 fully saturated rings. The Morgan fingerprint density at radius 3 is 2.39 bits per heavy atom. The van der Waals surface area contributed by atoms with Gasteiger partial charge in [-0.25, -0.2) is 4.98 Å². The standard InChI is InChI=1S/C16H24N4O2Si/c1-21-13-7-6-11(9-14(13)22-2)8-12-10-18-16(19-15(12)17)20-23(3,4)5/h6-7,9-10H,8H2,1-5H3,(H3,17,18,19,20). The summed E-state index contributed by atoms with van der Waals surface area (Å²) in [5.41, 5.74) is 8.03. The number of nitrogens with one attached hydrogen (secondary N) is 1. The van der Waals surface area contributed by atoms with E-state index in [0.717, 1.165) is 11.1 Å². The predicted molar refractivity (Wildman–Crippen MR) is 95.8 cm³/mol. The van der Waals surface area contributed by atoms with Gasteiger partial charge in [-0.2, -0.15) is 4.98 Å². The minimum absolute atomic E-state index is 0.496. The van der Waals surface area contributed by atoms with Crippen LogP contribution >= 0.6 is 0 Å². The van der Waals surface area contributed by atoms with E-state index < -0.39 is 8.24 Å². The Kier molecular flexibility index (Phi) is 5.10. The molecule has 2 rings (SSSR count). The number of anilines is 2. The van der Waals surface area contributed by atoms with E-state index in [1.54, 1.807) is 20.4 Å². The lowest BCUT2D eigenvalue weighted by Gasteiger charge is -2.18. The van der Waals surface area contributed by atoms with Crippen molar-refractivity contribution in [2.45, 2.75) is 26.1 Å². The number of benzene rings is 1. The third kappa shape index (κ3) is 4.59. The molecular formula is C16H24N4O2Si. The van der Waals surface area contributed by atoms with Crippen molar-refractivity contribution in [3.63, 3.8) is 0 Å². The maximum atomic E-state index is 6.08. The topological polar surface area (TPSA) is 82.3 Å². The van der Waals surface area contributed by atoms with Crippen molar-refractivity contribution >= 4 is 20.0 Å². The van der Waals surface area contributed by atoms with Crippen LogP contribution in [0.3, 0.4) is 0 Å². The molecule has 0 amide bonds. The molecule has 23 heavy (non-hydrogen) atoms. The molecule has 1 aromatic heterocycles. The number of hydrogen-bond donors (Lipinski definition) is 2. The summed E-state index contributed by atoms with van der Waals surface area (Å²) in [6.07, 6.45) is 2.42. The van der Waals surface area contributed by atoms with E-state index in [2.05, 4.69) is 34.6 Å². The molecule has 0 bridgehead atoms. The average Bonchev–Trinajstić information content (AvgIpc) is 2.48. The summed E-state index contributed by atoms with van der Waals surface area (Å²) in [5, 5.41) is 0. The Morgan fingerprint density at radius 2 is 1.83 bits per heavy atom. The number of nitrogen functional groups attached to an aromatic ring is 1. The number of ether oxygens (including phenoxy) is 2. The first-order chi connectivity index (χ1) is 10.8.